The number of likely N-dealkylation sites (tertiary alicyclic amines) is 1. The highest BCUT2D eigenvalue weighted by molar-refractivity contribution is 5.89. The van der Waals surface area contributed by atoms with Gasteiger partial charge in [-0.2, -0.15) is 0 Å². The molecule has 2 N–H and O–H groups in total. The number of carbonyl (C=O) groups excluding carboxylic acids is 1. The standard InChI is InChI=1S/C14H24N2O2/c15-14(7-8-14)13(17)16-9-5-12(6-10-16)18-11-3-1-2-4-11/h11-12H,1-10,15H2. The van der Waals surface area contributed by atoms with E-state index in [2.05, 4.69) is 0 Å². The van der Waals surface area contributed by atoms with Crippen LogP contribution in [0.1, 0.15) is 51.4 Å². The van der Waals surface area contributed by atoms with E-state index < -0.39 is 5.54 Å². The summed E-state index contributed by atoms with van der Waals surface area (Å²) < 4.78 is 6.11. The van der Waals surface area contributed by atoms with Crippen LogP contribution >= 0.6 is 0 Å². The van der Waals surface area contributed by atoms with Gasteiger partial charge in [-0.3, -0.25) is 4.79 Å². The topological polar surface area (TPSA) is 55.6 Å². The van der Waals surface area contributed by atoms with Crippen LogP contribution in [0.25, 0.3) is 0 Å². The van der Waals surface area contributed by atoms with Crippen molar-refractivity contribution in [2.45, 2.75) is 69.1 Å². The van der Waals surface area contributed by atoms with Crippen LogP contribution in [0.15, 0.2) is 0 Å². The van der Waals surface area contributed by atoms with Crippen molar-refractivity contribution in [1.29, 1.82) is 0 Å². The van der Waals surface area contributed by atoms with Crippen LogP contribution in [0.5, 0.6) is 0 Å². The lowest BCUT2D eigenvalue weighted by Gasteiger charge is -2.34. The lowest BCUT2D eigenvalue weighted by Crippen LogP contribution is -2.49. The monoisotopic (exact) mass is 252 g/mol. The zero-order valence-electron chi connectivity index (χ0n) is 11.1. The molecule has 4 nitrogen and oxygen atoms in total. The van der Waals surface area contributed by atoms with Gasteiger partial charge in [0.1, 0.15) is 0 Å². The molecule has 2 aliphatic carbocycles. The Morgan fingerprint density at radius 1 is 1.06 bits per heavy atom. The summed E-state index contributed by atoms with van der Waals surface area (Å²) in [4.78, 5) is 14.0. The predicted molar refractivity (Wildman–Crippen MR) is 69.1 cm³/mol. The van der Waals surface area contributed by atoms with Gasteiger partial charge in [0.25, 0.3) is 0 Å². The summed E-state index contributed by atoms with van der Waals surface area (Å²) >= 11 is 0. The molecule has 1 heterocycles. The van der Waals surface area contributed by atoms with Crippen LogP contribution in [0.4, 0.5) is 0 Å². The zero-order chi connectivity index (χ0) is 12.6. The smallest absolute Gasteiger partial charge is 0.242 e. The van der Waals surface area contributed by atoms with Gasteiger partial charge in [-0.1, -0.05) is 12.8 Å². The number of piperidine rings is 1. The largest absolute Gasteiger partial charge is 0.375 e. The third-order valence-electron chi connectivity index (χ3n) is 4.63. The summed E-state index contributed by atoms with van der Waals surface area (Å²) in [5.41, 5.74) is 5.46. The zero-order valence-corrected chi connectivity index (χ0v) is 11.1. The predicted octanol–water partition coefficient (Wildman–Crippen LogP) is 1.43. The fraction of sp³-hybridized carbons (Fsp3) is 0.929. The Balaban J connectivity index is 1.44. The number of carbonyl (C=O) groups is 1. The Morgan fingerprint density at radius 3 is 2.17 bits per heavy atom. The van der Waals surface area contributed by atoms with Gasteiger partial charge in [0.2, 0.25) is 5.91 Å². The molecule has 102 valence electrons. The Morgan fingerprint density at radius 2 is 1.61 bits per heavy atom. The number of nitrogens with two attached hydrogens (primary N) is 1. The Labute approximate surface area is 109 Å². The molecule has 1 saturated heterocycles. The summed E-state index contributed by atoms with van der Waals surface area (Å²) in [6.07, 6.45) is 9.64. The van der Waals surface area contributed by atoms with Gasteiger partial charge in [0.05, 0.1) is 17.7 Å². The lowest BCUT2D eigenvalue weighted by molar-refractivity contribution is -0.137. The van der Waals surface area contributed by atoms with Gasteiger partial charge < -0.3 is 15.4 Å². The molecule has 0 aromatic rings. The molecule has 0 aromatic heterocycles. The average molecular weight is 252 g/mol. The molecular formula is C14H24N2O2. The number of hydrogen-bond acceptors (Lipinski definition) is 3. The van der Waals surface area contributed by atoms with Gasteiger partial charge in [-0.05, 0) is 38.5 Å². The maximum Gasteiger partial charge on any atom is 0.242 e. The van der Waals surface area contributed by atoms with E-state index in [1.165, 1.54) is 25.7 Å². The van der Waals surface area contributed by atoms with Crippen LogP contribution < -0.4 is 5.73 Å². The Hall–Kier alpha value is -0.610. The lowest BCUT2D eigenvalue weighted by atomic mass is 10.1. The molecule has 0 unspecified atom stereocenters. The third-order valence-corrected chi connectivity index (χ3v) is 4.63. The van der Waals surface area contributed by atoms with Crippen LogP contribution in [0.2, 0.25) is 0 Å². The molecule has 0 atom stereocenters. The van der Waals surface area contributed by atoms with Crippen molar-refractivity contribution >= 4 is 5.91 Å². The first-order valence-corrected chi connectivity index (χ1v) is 7.41. The molecule has 3 aliphatic rings. The average Bonchev–Trinajstić information content (AvgIpc) is 2.93. The number of amides is 1. The van der Waals surface area contributed by atoms with Crippen molar-refractivity contribution in [3.8, 4) is 0 Å². The van der Waals surface area contributed by atoms with Crippen LogP contribution in [-0.4, -0.2) is 41.6 Å². The maximum atomic E-state index is 12.1. The van der Waals surface area contributed by atoms with Crippen molar-refractivity contribution in [1.82, 2.24) is 4.90 Å². The number of rotatable bonds is 3. The van der Waals surface area contributed by atoms with Crippen LogP contribution in [0.3, 0.4) is 0 Å². The molecule has 18 heavy (non-hydrogen) atoms. The molecule has 0 bridgehead atoms. The number of ether oxygens (including phenoxy) is 1. The van der Waals surface area contributed by atoms with E-state index in [0.717, 1.165) is 38.8 Å². The van der Waals surface area contributed by atoms with Crippen molar-refractivity contribution in [2.24, 2.45) is 5.73 Å². The second kappa shape index (κ2) is 4.82. The quantitative estimate of drug-likeness (QED) is 0.826. The van der Waals surface area contributed by atoms with Gasteiger partial charge in [-0.15, -0.1) is 0 Å². The summed E-state index contributed by atoms with van der Waals surface area (Å²) in [7, 11) is 0. The fourth-order valence-corrected chi connectivity index (χ4v) is 3.16. The van der Waals surface area contributed by atoms with Gasteiger partial charge in [0.15, 0.2) is 0 Å². The molecule has 1 amide bonds. The summed E-state index contributed by atoms with van der Waals surface area (Å²) in [6, 6.07) is 0. The molecule has 4 heteroatoms. The molecule has 3 fully saturated rings. The molecule has 1 aliphatic heterocycles. The first-order valence-electron chi connectivity index (χ1n) is 7.41. The second-order valence-corrected chi connectivity index (χ2v) is 6.19. The summed E-state index contributed by atoms with van der Waals surface area (Å²) in [5.74, 6) is 0.168. The van der Waals surface area contributed by atoms with Crippen molar-refractivity contribution in [3.63, 3.8) is 0 Å². The van der Waals surface area contributed by atoms with Crippen molar-refractivity contribution in [2.75, 3.05) is 13.1 Å². The maximum absolute atomic E-state index is 12.1. The number of nitrogens with zero attached hydrogens (tertiary/aromatic N) is 1. The van der Waals surface area contributed by atoms with E-state index in [1.54, 1.807) is 0 Å². The minimum absolute atomic E-state index is 0.168. The molecule has 0 aromatic carbocycles. The molecular weight excluding hydrogens is 228 g/mol. The van der Waals surface area contributed by atoms with Crippen LogP contribution in [-0.2, 0) is 9.53 Å². The third kappa shape index (κ3) is 2.54. The minimum atomic E-state index is -0.501. The van der Waals surface area contributed by atoms with E-state index in [-0.39, 0.29) is 5.91 Å². The van der Waals surface area contributed by atoms with Crippen LogP contribution in [0, 0.1) is 0 Å². The van der Waals surface area contributed by atoms with Crippen molar-refractivity contribution < 1.29 is 9.53 Å². The Bertz CT molecular complexity index is 314. The minimum Gasteiger partial charge on any atom is -0.375 e. The second-order valence-electron chi connectivity index (χ2n) is 6.19. The first-order chi connectivity index (χ1) is 8.67. The molecule has 0 radical (unpaired) electrons. The van der Waals surface area contributed by atoms with Crippen molar-refractivity contribution in [3.05, 3.63) is 0 Å². The van der Waals surface area contributed by atoms with Gasteiger partial charge in [-0.25, -0.2) is 0 Å². The molecule has 0 spiro atoms. The molecule has 3 rings (SSSR count). The number of hydrogen-bond donors (Lipinski definition) is 1. The summed E-state index contributed by atoms with van der Waals surface area (Å²) in [5, 5.41) is 0. The normalized spacial score (nSPS) is 28.6. The van der Waals surface area contributed by atoms with Gasteiger partial charge >= 0.3 is 0 Å². The van der Waals surface area contributed by atoms with E-state index >= 15 is 0 Å². The highest BCUT2D eigenvalue weighted by atomic mass is 16.5. The SMILES string of the molecule is NC1(C(=O)N2CCC(OC3CCCC3)CC2)CC1. The first kappa shape index (κ1) is 12.4. The van der Waals surface area contributed by atoms with Gasteiger partial charge in [0, 0.05) is 13.1 Å². The van der Waals surface area contributed by atoms with E-state index in [0.29, 0.717) is 12.2 Å². The Kier molecular flexibility index (Phi) is 3.32. The highest BCUT2D eigenvalue weighted by Crippen LogP contribution is 2.35. The fourth-order valence-electron chi connectivity index (χ4n) is 3.16. The van der Waals surface area contributed by atoms with E-state index in [4.69, 9.17) is 10.5 Å². The van der Waals surface area contributed by atoms with E-state index in [1.807, 2.05) is 4.90 Å². The van der Waals surface area contributed by atoms with E-state index in [9.17, 15) is 4.79 Å². The molecule has 2 saturated carbocycles. The highest BCUT2D eigenvalue weighted by Gasteiger charge is 2.48. The summed E-state index contributed by atoms with van der Waals surface area (Å²) in [6.45, 7) is 1.66.